The molecule has 10 heteroatoms. The summed E-state index contributed by atoms with van der Waals surface area (Å²) in [5, 5.41) is 12.9. The van der Waals surface area contributed by atoms with E-state index >= 15 is 0 Å². The number of hydrogen-bond acceptors (Lipinski definition) is 7. The number of hydrogen-bond donors (Lipinski definition) is 2. The Kier molecular flexibility index (Phi) is 4.44. The molecular weight excluding hydrogens is 390 g/mol. The standard InChI is InChI=1S/C17H15N3O5S2/c1-20(17(24)19-16-18-9-4-2-3-5-11(9)27-16)13-7-10-12(26-13)6-8(14(21)22)15(23)25-10/h6-7H,2-5H2,1H3,(H,21,22)(H,18,19,24). The molecule has 0 aromatic carbocycles. The van der Waals surface area contributed by atoms with E-state index in [1.807, 2.05) is 0 Å². The Morgan fingerprint density at radius 2 is 2.04 bits per heavy atom. The van der Waals surface area contributed by atoms with Crippen molar-refractivity contribution in [3.63, 3.8) is 0 Å². The fourth-order valence-electron chi connectivity index (χ4n) is 2.90. The molecule has 3 aromatic heterocycles. The number of carboxylic acid groups (broad SMARTS) is 1. The first-order valence-corrected chi connectivity index (χ1v) is 9.90. The summed E-state index contributed by atoms with van der Waals surface area (Å²) < 4.78 is 5.52. The molecule has 0 bridgehead atoms. The second-order valence-electron chi connectivity index (χ2n) is 6.15. The normalized spacial score (nSPS) is 13.4. The van der Waals surface area contributed by atoms with Gasteiger partial charge < -0.3 is 9.52 Å². The molecule has 140 valence electrons. The molecule has 1 aliphatic rings. The SMILES string of the molecule is CN(C(=O)Nc1nc2c(s1)CCCC2)c1cc2oc(=O)c(C(=O)O)cc2s1. The number of thiazole rings is 1. The minimum absolute atomic E-state index is 0.245. The lowest BCUT2D eigenvalue weighted by molar-refractivity contribution is 0.0692. The topological polar surface area (TPSA) is 113 Å². The van der Waals surface area contributed by atoms with Crippen LogP contribution in [0.3, 0.4) is 0 Å². The molecule has 0 saturated heterocycles. The average Bonchev–Trinajstić information content (AvgIpc) is 3.22. The maximum atomic E-state index is 12.5. The van der Waals surface area contributed by atoms with Crippen LogP contribution in [-0.4, -0.2) is 29.1 Å². The van der Waals surface area contributed by atoms with Crippen LogP contribution in [0.15, 0.2) is 21.3 Å². The zero-order chi connectivity index (χ0) is 19.1. The lowest BCUT2D eigenvalue weighted by Crippen LogP contribution is -2.30. The number of fused-ring (bicyclic) bond motifs is 2. The van der Waals surface area contributed by atoms with Gasteiger partial charge in [0.2, 0.25) is 0 Å². The molecule has 3 aromatic rings. The number of aromatic nitrogens is 1. The van der Waals surface area contributed by atoms with E-state index in [2.05, 4.69) is 10.3 Å². The summed E-state index contributed by atoms with van der Waals surface area (Å²) in [4.78, 5) is 42.4. The first-order chi connectivity index (χ1) is 12.9. The predicted octanol–water partition coefficient (Wildman–Crippen LogP) is 3.56. The molecule has 0 aliphatic heterocycles. The van der Waals surface area contributed by atoms with Crippen LogP contribution >= 0.6 is 22.7 Å². The number of aryl methyl sites for hydroxylation is 2. The van der Waals surface area contributed by atoms with Gasteiger partial charge in [0.1, 0.15) is 10.6 Å². The maximum absolute atomic E-state index is 12.5. The highest BCUT2D eigenvalue weighted by Crippen LogP contribution is 2.33. The largest absolute Gasteiger partial charge is 0.477 e. The van der Waals surface area contributed by atoms with Crippen molar-refractivity contribution in [3.05, 3.63) is 38.7 Å². The molecule has 8 nitrogen and oxygen atoms in total. The fourth-order valence-corrected chi connectivity index (χ4v) is 4.92. The van der Waals surface area contributed by atoms with Crippen molar-refractivity contribution >= 4 is 55.1 Å². The highest BCUT2D eigenvalue weighted by Gasteiger charge is 2.21. The number of urea groups is 1. The average molecular weight is 405 g/mol. The van der Waals surface area contributed by atoms with E-state index in [-0.39, 0.29) is 11.6 Å². The molecule has 0 spiro atoms. The first-order valence-electron chi connectivity index (χ1n) is 8.26. The smallest absolute Gasteiger partial charge is 0.351 e. The van der Waals surface area contributed by atoms with Crippen molar-refractivity contribution in [2.45, 2.75) is 25.7 Å². The number of carbonyl (C=O) groups excluding carboxylic acids is 1. The van der Waals surface area contributed by atoms with Crippen LogP contribution in [0, 0.1) is 0 Å². The van der Waals surface area contributed by atoms with E-state index in [4.69, 9.17) is 9.52 Å². The minimum atomic E-state index is -1.35. The number of aromatic carboxylic acids is 1. The number of anilines is 2. The van der Waals surface area contributed by atoms with Crippen LogP contribution in [0.2, 0.25) is 0 Å². The lowest BCUT2D eigenvalue weighted by atomic mass is 10.0. The minimum Gasteiger partial charge on any atom is -0.477 e. The molecule has 0 saturated carbocycles. The Balaban J connectivity index is 1.57. The van der Waals surface area contributed by atoms with Gasteiger partial charge in [-0.2, -0.15) is 0 Å². The Bertz CT molecular complexity index is 1090. The number of nitrogens with one attached hydrogen (secondary N) is 1. The zero-order valence-electron chi connectivity index (χ0n) is 14.3. The van der Waals surface area contributed by atoms with Crippen molar-refractivity contribution in [3.8, 4) is 0 Å². The summed E-state index contributed by atoms with van der Waals surface area (Å²) in [6.45, 7) is 0. The molecule has 0 unspecified atom stereocenters. The Hall–Kier alpha value is -2.72. The van der Waals surface area contributed by atoms with Crippen molar-refractivity contribution in [2.75, 3.05) is 17.3 Å². The number of nitrogens with zero attached hydrogens (tertiary/aromatic N) is 2. The van der Waals surface area contributed by atoms with E-state index in [0.29, 0.717) is 14.8 Å². The van der Waals surface area contributed by atoms with Crippen LogP contribution < -0.4 is 15.8 Å². The third-order valence-electron chi connectivity index (χ3n) is 4.34. The van der Waals surface area contributed by atoms with Gasteiger partial charge in [0.25, 0.3) is 0 Å². The van der Waals surface area contributed by atoms with Gasteiger partial charge in [0.15, 0.2) is 10.7 Å². The Labute approximate surface area is 161 Å². The highest BCUT2D eigenvalue weighted by molar-refractivity contribution is 7.23. The third kappa shape index (κ3) is 3.33. The predicted molar refractivity (Wildman–Crippen MR) is 103 cm³/mol. The van der Waals surface area contributed by atoms with E-state index in [1.54, 1.807) is 13.1 Å². The number of thiophene rings is 1. The molecule has 2 N–H and O–H groups in total. The first kappa shape index (κ1) is 17.7. The van der Waals surface area contributed by atoms with Gasteiger partial charge in [0.05, 0.1) is 10.4 Å². The summed E-state index contributed by atoms with van der Waals surface area (Å²) in [6.07, 6.45) is 4.21. The Morgan fingerprint density at radius 3 is 2.78 bits per heavy atom. The molecule has 1 aliphatic carbocycles. The van der Waals surface area contributed by atoms with Crippen molar-refractivity contribution in [1.82, 2.24) is 4.98 Å². The summed E-state index contributed by atoms with van der Waals surface area (Å²) in [6, 6.07) is 2.44. The third-order valence-corrected chi connectivity index (χ3v) is 6.55. The molecule has 2 amide bonds. The van der Waals surface area contributed by atoms with Gasteiger partial charge in [-0.15, -0.1) is 22.7 Å². The molecule has 0 radical (unpaired) electrons. The highest BCUT2D eigenvalue weighted by atomic mass is 32.1. The molecular formula is C17H15N3O5S2. The van der Waals surface area contributed by atoms with Crippen LogP contribution in [0.5, 0.6) is 0 Å². The summed E-state index contributed by atoms with van der Waals surface area (Å²) >= 11 is 2.66. The van der Waals surface area contributed by atoms with E-state index in [0.717, 1.165) is 42.7 Å². The molecule has 3 heterocycles. The second-order valence-corrected chi connectivity index (χ2v) is 8.30. The van der Waals surface area contributed by atoms with Crippen molar-refractivity contribution in [2.24, 2.45) is 0 Å². The molecule has 4 rings (SSSR count). The van der Waals surface area contributed by atoms with Gasteiger partial charge in [-0.3, -0.25) is 10.2 Å². The quantitative estimate of drug-likeness (QED) is 0.689. The van der Waals surface area contributed by atoms with Crippen LogP contribution in [0.4, 0.5) is 14.9 Å². The lowest BCUT2D eigenvalue weighted by Gasteiger charge is -2.14. The Morgan fingerprint density at radius 1 is 1.26 bits per heavy atom. The second kappa shape index (κ2) is 6.78. The molecule has 27 heavy (non-hydrogen) atoms. The van der Waals surface area contributed by atoms with Crippen molar-refractivity contribution in [1.29, 1.82) is 0 Å². The van der Waals surface area contributed by atoms with Crippen LogP contribution in [0.25, 0.3) is 10.3 Å². The van der Waals surface area contributed by atoms with E-state index in [1.165, 1.54) is 27.2 Å². The van der Waals surface area contributed by atoms with E-state index in [9.17, 15) is 14.4 Å². The summed E-state index contributed by atoms with van der Waals surface area (Å²) in [5.74, 6) is -1.35. The van der Waals surface area contributed by atoms with Gasteiger partial charge >= 0.3 is 17.6 Å². The van der Waals surface area contributed by atoms with Crippen LogP contribution in [-0.2, 0) is 12.8 Å². The number of amides is 2. The maximum Gasteiger partial charge on any atom is 0.351 e. The molecule has 0 fully saturated rings. The van der Waals surface area contributed by atoms with Gasteiger partial charge in [-0.05, 0) is 31.7 Å². The molecule has 0 atom stereocenters. The number of carboxylic acids is 1. The van der Waals surface area contributed by atoms with Crippen LogP contribution in [0.1, 0.15) is 33.8 Å². The van der Waals surface area contributed by atoms with E-state index < -0.39 is 17.2 Å². The number of rotatable bonds is 3. The van der Waals surface area contributed by atoms with Gasteiger partial charge in [-0.1, -0.05) is 0 Å². The fraction of sp³-hybridized carbons (Fsp3) is 0.294. The zero-order valence-corrected chi connectivity index (χ0v) is 15.9. The van der Waals surface area contributed by atoms with Gasteiger partial charge in [0, 0.05) is 18.0 Å². The monoisotopic (exact) mass is 405 g/mol. The van der Waals surface area contributed by atoms with Crippen molar-refractivity contribution < 1.29 is 19.1 Å². The summed E-state index contributed by atoms with van der Waals surface area (Å²) in [7, 11) is 1.59. The number of carbonyl (C=O) groups is 2. The summed E-state index contributed by atoms with van der Waals surface area (Å²) in [5.41, 5.74) is -0.0420. The van der Waals surface area contributed by atoms with Gasteiger partial charge in [-0.25, -0.2) is 19.4 Å².